The number of nitrogens with one attached hydrogen (secondary N) is 1. The fourth-order valence-electron chi connectivity index (χ4n) is 1.77. The van der Waals surface area contributed by atoms with Crippen molar-refractivity contribution in [2.75, 3.05) is 11.1 Å². The van der Waals surface area contributed by atoms with Crippen LogP contribution in [0.5, 0.6) is 0 Å². The zero-order chi connectivity index (χ0) is 17.9. The van der Waals surface area contributed by atoms with Gasteiger partial charge in [-0.1, -0.05) is 11.8 Å². The first-order chi connectivity index (χ1) is 11.2. The van der Waals surface area contributed by atoms with Crippen LogP contribution >= 0.6 is 11.8 Å². The summed E-state index contributed by atoms with van der Waals surface area (Å²) in [6.45, 7) is 0. The Kier molecular flexibility index (Phi) is 5.12. The predicted octanol–water partition coefficient (Wildman–Crippen LogP) is 3.08. The van der Waals surface area contributed by atoms with Crippen LogP contribution in [0.1, 0.15) is 5.56 Å². The number of aryl methyl sites for hydroxylation is 1. The molecule has 0 unspecified atom stereocenters. The second kappa shape index (κ2) is 6.91. The van der Waals surface area contributed by atoms with E-state index >= 15 is 0 Å². The first kappa shape index (κ1) is 17.8. The summed E-state index contributed by atoms with van der Waals surface area (Å²) in [5.74, 6) is -0.686. The Bertz CT molecular complexity index is 776. The molecule has 0 aliphatic heterocycles. The highest BCUT2D eigenvalue weighted by Crippen LogP contribution is 2.35. The van der Waals surface area contributed by atoms with Crippen LogP contribution in [0.2, 0.25) is 0 Å². The van der Waals surface area contributed by atoms with Gasteiger partial charge in [0.1, 0.15) is 5.69 Å². The molecule has 11 heteroatoms. The molecule has 0 aliphatic rings. The van der Waals surface area contributed by atoms with Crippen LogP contribution in [0.4, 0.5) is 24.5 Å². The minimum Gasteiger partial charge on any atom is -0.329 e. The van der Waals surface area contributed by atoms with Crippen molar-refractivity contribution in [3.05, 3.63) is 46.3 Å². The molecule has 1 N–H and O–H groups in total. The number of thioether (sulfide) groups is 1. The molecule has 0 saturated heterocycles. The molecule has 0 bridgehead atoms. The van der Waals surface area contributed by atoms with Gasteiger partial charge in [-0.15, -0.1) is 0 Å². The molecule has 1 aromatic carbocycles. The molecule has 0 fully saturated rings. The van der Waals surface area contributed by atoms with Crippen molar-refractivity contribution in [2.24, 2.45) is 7.05 Å². The van der Waals surface area contributed by atoms with Gasteiger partial charge in [-0.2, -0.15) is 13.2 Å². The van der Waals surface area contributed by atoms with E-state index < -0.39 is 28.3 Å². The van der Waals surface area contributed by atoms with Crippen molar-refractivity contribution in [3.8, 4) is 0 Å². The van der Waals surface area contributed by atoms with Gasteiger partial charge in [0.15, 0.2) is 5.16 Å². The van der Waals surface area contributed by atoms with Crippen LogP contribution in [0.25, 0.3) is 0 Å². The molecule has 2 rings (SSSR count). The topological polar surface area (TPSA) is 90.1 Å². The molecular weight excluding hydrogens is 349 g/mol. The van der Waals surface area contributed by atoms with Crippen LogP contribution in [-0.4, -0.2) is 26.1 Å². The van der Waals surface area contributed by atoms with E-state index in [1.54, 1.807) is 24.0 Å². The van der Waals surface area contributed by atoms with Crippen LogP contribution < -0.4 is 5.32 Å². The van der Waals surface area contributed by atoms with Gasteiger partial charge in [0.05, 0.1) is 16.2 Å². The quantitative estimate of drug-likeness (QED) is 0.503. The highest BCUT2D eigenvalue weighted by Gasteiger charge is 2.33. The van der Waals surface area contributed by atoms with Crippen molar-refractivity contribution >= 4 is 29.0 Å². The first-order valence-corrected chi connectivity index (χ1v) is 7.42. The summed E-state index contributed by atoms with van der Waals surface area (Å²) in [5, 5.41) is 13.7. The lowest BCUT2D eigenvalue weighted by Crippen LogP contribution is -2.16. The third-order valence-corrected chi connectivity index (χ3v) is 3.96. The number of imidazole rings is 1. The van der Waals surface area contributed by atoms with Gasteiger partial charge in [-0.25, -0.2) is 4.98 Å². The lowest BCUT2D eigenvalue weighted by Gasteiger charge is -2.09. The van der Waals surface area contributed by atoms with Gasteiger partial charge in [-0.3, -0.25) is 14.9 Å². The number of amides is 1. The number of carbonyl (C=O) groups excluding carboxylic acids is 1. The van der Waals surface area contributed by atoms with E-state index in [0.717, 1.165) is 17.8 Å². The standard InChI is InChI=1S/C13H11F3N4O3S/c1-19-5-4-17-12(19)24-7-11(21)18-9-3-2-8(13(14,15)16)6-10(9)20(22)23/h2-6H,7H2,1H3,(H,18,21). The Morgan fingerprint density at radius 3 is 2.71 bits per heavy atom. The molecule has 0 spiro atoms. The van der Waals surface area contributed by atoms with Gasteiger partial charge in [-0.05, 0) is 12.1 Å². The van der Waals surface area contributed by atoms with Crippen LogP contribution in [-0.2, 0) is 18.0 Å². The van der Waals surface area contributed by atoms with Crippen LogP contribution in [0.3, 0.4) is 0 Å². The highest BCUT2D eigenvalue weighted by molar-refractivity contribution is 7.99. The highest BCUT2D eigenvalue weighted by atomic mass is 32.2. The fraction of sp³-hybridized carbons (Fsp3) is 0.231. The Labute approximate surface area is 138 Å². The number of anilines is 1. The number of nitro benzene ring substituents is 1. The summed E-state index contributed by atoms with van der Waals surface area (Å²) in [4.78, 5) is 25.8. The smallest absolute Gasteiger partial charge is 0.329 e. The molecule has 1 heterocycles. The normalized spacial score (nSPS) is 11.3. The molecule has 2 aromatic rings. The maximum absolute atomic E-state index is 12.6. The maximum atomic E-state index is 12.6. The first-order valence-electron chi connectivity index (χ1n) is 6.44. The van der Waals surface area contributed by atoms with Gasteiger partial charge in [0, 0.05) is 25.5 Å². The number of rotatable bonds is 5. The Morgan fingerprint density at radius 2 is 2.17 bits per heavy atom. The molecular formula is C13H11F3N4O3S. The number of benzene rings is 1. The van der Waals surface area contributed by atoms with E-state index in [0.29, 0.717) is 17.3 Å². The number of nitro groups is 1. The van der Waals surface area contributed by atoms with Gasteiger partial charge in [0.25, 0.3) is 5.69 Å². The number of hydrogen-bond donors (Lipinski definition) is 1. The fourth-order valence-corrected chi connectivity index (χ4v) is 2.50. The molecule has 7 nitrogen and oxygen atoms in total. The Hall–Kier alpha value is -2.56. The summed E-state index contributed by atoms with van der Waals surface area (Å²) in [6, 6.07) is 1.93. The minimum absolute atomic E-state index is 0.0942. The molecule has 0 saturated carbocycles. The van der Waals surface area contributed by atoms with Crippen molar-refractivity contribution in [1.82, 2.24) is 9.55 Å². The molecule has 128 valence electrons. The molecule has 0 atom stereocenters. The second-order valence-electron chi connectivity index (χ2n) is 4.64. The van der Waals surface area contributed by atoms with Crippen molar-refractivity contribution in [2.45, 2.75) is 11.3 Å². The predicted molar refractivity (Wildman–Crippen MR) is 80.7 cm³/mol. The Balaban J connectivity index is 2.12. The van der Waals surface area contributed by atoms with Crippen LogP contribution in [0.15, 0.2) is 35.7 Å². The van der Waals surface area contributed by atoms with Crippen molar-refractivity contribution < 1.29 is 22.9 Å². The molecule has 24 heavy (non-hydrogen) atoms. The third kappa shape index (κ3) is 4.25. The zero-order valence-electron chi connectivity index (χ0n) is 12.2. The number of nitrogens with zero attached hydrogens (tertiary/aromatic N) is 3. The van der Waals surface area contributed by atoms with Crippen LogP contribution in [0, 0.1) is 10.1 Å². The number of aromatic nitrogens is 2. The van der Waals surface area contributed by atoms with E-state index in [2.05, 4.69) is 10.3 Å². The van der Waals surface area contributed by atoms with E-state index in [-0.39, 0.29) is 11.4 Å². The molecule has 1 aromatic heterocycles. The van der Waals surface area contributed by atoms with Gasteiger partial charge in [0.2, 0.25) is 5.91 Å². The lowest BCUT2D eigenvalue weighted by atomic mass is 10.1. The summed E-state index contributed by atoms with van der Waals surface area (Å²) < 4.78 is 39.5. The average molecular weight is 360 g/mol. The monoisotopic (exact) mass is 360 g/mol. The van der Waals surface area contributed by atoms with Gasteiger partial charge >= 0.3 is 6.18 Å². The zero-order valence-corrected chi connectivity index (χ0v) is 13.0. The molecule has 0 radical (unpaired) electrons. The minimum atomic E-state index is -4.71. The Morgan fingerprint density at radius 1 is 1.46 bits per heavy atom. The third-order valence-electron chi connectivity index (χ3n) is 2.91. The number of halogens is 3. The SMILES string of the molecule is Cn1ccnc1SCC(=O)Nc1ccc(C(F)(F)F)cc1[N+](=O)[O-]. The van der Waals surface area contributed by atoms with Gasteiger partial charge < -0.3 is 9.88 Å². The van der Waals surface area contributed by atoms with E-state index in [9.17, 15) is 28.1 Å². The number of hydrogen-bond acceptors (Lipinski definition) is 5. The summed E-state index contributed by atoms with van der Waals surface area (Å²) in [5.41, 5.74) is -2.27. The van der Waals surface area contributed by atoms with Crippen molar-refractivity contribution in [1.29, 1.82) is 0 Å². The maximum Gasteiger partial charge on any atom is 0.416 e. The number of carbonyl (C=O) groups is 1. The summed E-state index contributed by atoms with van der Waals surface area (Å²) in [6.07, 6.45) is -1.48. The van der Waals surface area contributed by atoms with Crippen molar-refractivity contribution in [3.63, 3.8) is 0 Å². The summed E-state index contributed by atoms with van der Waals surface area (Å²) >= 11 is 1.09. The molecule has 1 amide bonds. The van der Waals surface area contributed by atoms with E-state index in [1.165, 1.54) is 0 Å². The van der Waals surface area contributed by atoms with E-state index in [4.69, 9.17) is 0 Å². The summed E-state index contributed by atoms with van der Waals surface area (Å²) in [7, 11) is 1.73. The number of alkyl halides is 3. The molecule has 0 aliphatic carbocycles. The lowest BCUT2D eigenvalue weighted by molar-refractivity contribution is -0.384. The van der Waals surface area contributed by atoms with E-state index in [1.807, 2.05) is 0 Å². The second-order valence-corrected chi connectivity index (χ2v) is 5.59. The average Bonchev–Trinajstić information content (AvgIpc) is 2.89. The largest absolute Gasteiger partial charge is 0.416 e.